The molecule has 9 aromatic carbocycles. The lowest BCUT2D eigenvalue weighted by atomic mass is 9.63. The standard InChI is InChI=1S/C80H78N4O/c1-76(2,3)58-37-40-81-74(48-58)84-70-30-21-20-29-64(70)65-34-33-63(50-72(65)84)85-62-28-22-27-61(49-62)82-51-83(71-36-32-54(46-73(71)82)52-23-16-14-17-24-52)75-66(55-31-35-68-69(45-55)80(12,13)39-38-79(68,10)11)43-56(53-25-18-15-19-26-53)44-67(75)57-41-59(77(4,5)6)47-60(42-57)78(7,8)9/h14-37,40-50H,38-39H2,1-13H3/i10D3,11D3,12D3,13D3,14D,15D,16D,17D,18D,19D,23D,24D,25D,26D,31D,35D,38D2,39D2,45D. The van der Waals surface area contributed by atoms with Gasteiger partial charge in [0.05, 0.1) is 51.3 Å². The molecule has 0 unspecified atom stereocenters. The first-order chi connectivity index (χ1) is 52.4. The first kappa shape index (κ1) is 31.4. The van der Waals surface area contributed by atoms with E-state index >= 15 is 0 Å². The molecular formula is C80H78N4O. The summed E-state index contributed by atoms with van der Waals surface area (Å²) in [5.74, 6) is 1.21. The summed E-state index contributed by atoms with van der Waals surface area (Å²) in [4.78, 5) is 4.84. The van der Waals surface area contributed by atoms with E-state index in [2.05, 4.69) is 27.1 Å². The van der Waals surface area contributed by atoms with Crippen LogP contribution < -0.4 is 9.30 Å². The van der Waals surface area contributed by atoms with Crippen LogP contribution in [-0.2, 0) is 27.1 Å². The Morgan fingerprint density at radius 1 is 0.518 bits per heavy atom. The zero-order valence-electron chi connectivity index (χ0n) is 77.4. The Kier molecular flexibility index (Phi) is 7.56. The molecule has 0 N–H and O–H groups in total. The molecule has 13 rings (SSSR count). The van der Waals surface area contributed by atoms with Crippen molar-refractivity contribution in [3.63, 3.8) is 0 Å². The number of fused-ring (bicyclic) bond motifs is 5. The van der Waals surface area contributed by atoms with Crippen LogP contribution in [0.25, 0.3) is 94.5 Å². The van der Waals surface area contributed by atoms with Crippen molar-refractivity contribution in [3.05, 3.63) is 246 Å². The lowest BCUT2D eigenvalue weighted by Gasteiger charge is -2.42. The number of pyridine rings is 1. The van der Waals surface area contributed by atoms with Crippen LogP contribution in [-0.4, -0.2) is 14.1 Å². The van der Waals surface area contributed by atoms with Gasteiger partial charge in [-0.15, -0.1) is 0 Å². The highest BCUT2D eigenvalue weighted by Crippen LogP contribution is 2.49. The second-order valence-corrected chi connectivity index (χ2v) is 24.7. The van der Waals surface area contributed by atoms with Crippen molar-refractivity contribution in [2.45, 2.75) is 130 Å². The van der Waals surface area contributed by atoms with E-state index in [1.807, 2.05) is 101 Å². The molecule has 5 heteroatoms. The van der Waals surface area contributed by atoms with Crippen molar-refractivity contribution >= 4 is 32.8 Å². The van der Waals surface area contributed by atoms with E-state index in [-0.39, 0.29) is 61.4 Å². The van der Waals surface area contributed by atoms with E-state index in [1.54, 1.807) is 48.7 Å². The molecule has 85 heavy (non-hydrogen) atoms. The number of ether oxygens (including phenoxy) is 1. The van der Waals surface area contributed by atoms with Crippen molar-refractivity contribution in [1.82, 2.24) is 14.1 Å². The third kappa shape index (κ3) is 10.3. The maximum absolute atomic E-state index is 10.8. The molecule has 5 nitrogen and oxygen atoms in total. The molecule has 424 valence electrons. The topological polar surface area (TPSA) is 35.9 Å². The quantitative estimate of drug-likeness (QED) is 0.107. The summed E-state index contributed by atoms with van der Waals surface area (Å²) in [6.45, 7) is 0.0181. The Bertz CT molecular complexity index is 5920. The van der Waals surface area contributed by atoms with Crippen molar-refractivity contribution in [2.75, 3.05) is 0 Å². The summed E-state index contributed by atoms with van der Waals surface area (Å²) in [5.41, 5.74) is -13.1. The van der Waals surface area contributed by atoms with Crippen molar-refractivity contribution < 1.29 is 49.1 Å². The molecule has 3 heterocycles. The Hall–Kier alpha value is -8.80. The molecule has 1 aliphatic rings. The van der Waals surface area contributed by atoms with Gasteiger partial charge in [-0.1, -0.05) is 223 Å². The lowest BCUT2D eigenvalue weighted by Crippen LogP contribution is -2.34. The maximum Gasteiger partial charge on any atom is 0.269 e. The van der Waals surface area contributed by atoms with Gasteiger partial charge in [-0.05, 0) is 179 Å². The van der Waals surface area contributed by atoms with Crippen LogP contribution in [0.5, 0.6) is 11.5 Å². The SMILES string of the molecule is [2H]c1c([2H])c([2H])c(-c2cc(-c3cc(C(C)(C)C)cc(C(C)(C)C)c3)c(-[n+]3[c-]n(-c4cccc(Oc5ccc6c7ccccc7n(-c7cc(C(C)(C)C)ccn7)c6c5)c4)c4cc(-c5c([2H])c([2H])c([2H])c([2H])c5[2H])ccc43)c(-c3c([2H])c([2H])c4c(c3[2H])C(C([2H])([2H])[2H])(C([2H])([2H])[2H])C([2H])([2H])C([2H])([2H])C4(C([2H])([2H])[2H])C([2H])([2H])[2H])c2)c([2H])c1[2H]. The van der Waals surface area contributed by atoms with Crippen molar-refractivity contribution in [3.8, 4) is 73.2 Å². The van der Waals surface area contributed by atoms with Crippen molar-refractivity contribution in [2.24, 2.45) is 0 Å². The molecule has 0 aliphatic heterocycles. The van der Waals surface area contributed by atoms with Gasteiger partial charge in [-0.25, -0.2) is 4.98 Å². The minimum absolute atomic E-state index is 0.0238. The largest absolute Gasteiger partial charge is 0.458 e. The summed E-state index contributed by atoms with van der Waals surface area (Å²) >= 11 is 0. The molecule has 0 amide bonds. The number of nitrogens with zero attached hydrogens (tertiary/aromatic N) is 4. The van der Waals surface area contributed by atoms with Gasteiger partial charge in [0, 0.05) is 45.0 Å². The fourth-order valence-corrected chi connectivity index (χ4v) is 11.0. The molecule has 0 radical (unpaired) electrons. The Balaban J connectivity index is 1.23. The van der Waals surface area contributed by atoms with Crippen LogP contribution in [0.15, 0.2) is 212 Å². The number of aromatic nitrogens is 4. The summed E-state index contributed by atoms with van der Waals surface area (Å²) in [6.07, 6.45) is -4.27. The molecule has 0 spiro atoms. The monoisotopic (exact) mass is 1140 g/mol. The van der Waals surface area contributed by atoms with Crippen molar-refractivity contribution in [1.29, 1.82) is 0 Å². The number of benzene rings is 9. The van der Waals surface area contributed by atoms with Gasteiger partial charge in [0.15, 0.2) is 0 Å². The summed E-state index contributed by atoms with van der Waals surface area (Å²) < 4.78 is 283. The van der Waals surface area contributed by atoms with Crippen LogP contribution >= 0.6 is 0 Å². The van der Waals surface area contributed by atoms with Gasteiger partial charge >= 0.3 is 0 Å². The van der Waals surface area contributed by atoms with E-state index in [9.17, 15) is 23.3 Å². The van der Waals surface area contributed by atoms with Gasteiger partial charge < -0.3 is 4.74 Å². The molecule has 0 fully saturated rings. The highest BCUT2D eigenvalue weighted by molar-refractivity contribution is 6.09. The van der Waals surface area contributed by atoms with E-state index in [0.717, 1.165) is 33.4 Å². The van der Waals surface area contributed by atoms with Crippen LogP contribution in [0.1, 0.15) is 170 Å². The zero-order chi connectivity index (χ0) is 84.3. The molecule has 12 aromatic rings. The van der Waals surface area contributed by atoms with E-state index in [1.165, 1.54) is 33.4 Å². The van der Waals surface area contributed by atoms with Crippen LogP contribution in [0.3, 0.4) is 0 Å². The number of imidazole rings is 1. The van der Waals surface area contributed by atoms with Gasteiger partial charge in [-0.2, -0.15) is 0 Å². The van der Waals surface area contributed by atoms with Crippen LogP contribution in [0.4, 0.5) is 0 Å². The predicted molar refractivity (Wildman–Crippen MR) is 355 cm³/mol. The Morgan fingerprint density at radius 2 is 1.15 bits per heavy atom. The van der Waals surface area contributed by atoms with E-state index < -0.39 is 168 Å². The molecule has 0 atom stereocenters. The second-order valence-electron chi connectivity index (χ2n) is 24.7. The fraction of sp³-hybridized carbons (Fsp3) is 0.250. The second kappa shape index (κ2) is 20.5. The van der Waals surface area contributed by atoms with Crippen LogP contribution in [0.2, 0.25) is 0 Å². The van der Waals surface area contributed by atoms with Gasteiger partial charge in [0.1, 0.15) is 17.3 Å². The smallest absolute Gasteiger partial charge is 0.269 e. The molecule has 0 saturated carbocycles. The molecule has 1 aliphatic carbocycles. The summed E-state index contributed by atoms with van der Waals surface area (Å²) in [7, 11) is 0. The summed E-state index contributed by atoms with van der Waals surface area (Å²) in [6, 6.07) is 24.2. The van der Waals surface area contributed by atoms with Gasteiger partial charge in [0.25, 0.3) is 6.33 Å². The predicted octanol–water partition coefficient (Wildman–Crippen LogP) is 20.9. The third-order valence-corrected chi connectivity index (χ3v) is 15.6. The van der Waals surface area contributed by atoms with Crippen LogP contribution in [0, 0.1) is 6.33 Å². The maximum atomic E-state index is 10.8. The summed E-state index contributed by atoms with van der Waals surface area (Å²) in [5, 5.41) is 1.81. The third-order valence-electron chi connectivity index (χ3n) is 15.6. The molecule has 0 saturated heterocycles. The minimum Gasteiger partial charge on any atom is -0.458 e. The molecule has 0 bridgehead atoms. The Labute approximate surface area is 544 Å². The minimum atomic E-state index is -4.75. The first-order valence-corrected chi connectivity index (χ1v) is 27.9. The van der Waals surface area contributed by atoms with Gasteiger partial charge in [0.2, 0.25) is 0 Å². The van der Waals surface area contributed by atoms with Gasteiger partial charge in [-0.3, -0.25) is 13.7 Å². The lowest BCUT2D eigenvalue weighted by molar-refractivity contribution is -0.571. The fourth-order valence-electron chi connectivity index (χ4n) is 11.0. The first-order valence-electron chi connectivity index (χ1n) is 42.4. The van der Waals surface area contributed by atoms with E-state index in [0.29, 0.717) is 22.7 Å². The number of hydrogen-bond donors (Lipinski definition) is 0. The molecule has 3 aromatic heterocycles. The van der Waals surface area contributed by atoms with E-state index in [4.69, 9.17) is 26.2 Å². The molecular weight excluding hydrogens is 1030 g/mol. The zero-order valence-corrected chi connectivity index (χ0v) is 48.4. The average Bonchev–Trinajstić information content (AvgIpc) is 0.654. The number of hydrogen-bond acceptors (Lipinski definition) is 2. The highest BCUT2D eigenvalue weighted by Gasteiger charge is 2.38. The highest BCUT2D eigenvalue weighted by atomic mass is 16.5. The number of para-hydroxylation sites is 1. The Morgan fingerprint density at radius 3 is 1.84 bits per heavy atom. The normalized spacial score (nSPS) is 21.0. The number of rotatable bonds is 9. The average molecular weight is 1140 g/mol.